The second kappa shape index (κ2) is 6.64. The number of fused-ring (bicyclic) bond motifs is 1. The van der Waals surface area contributed by atoms with Gasteiger partial charge in [0.15, 0.2) is 11.3 Å². The van der Waals surface area contributed by atoms with Gasteiger partial charge in [0.1, 0.15) is 0 Å². The number of carbonyl (C=O) groups is 1. The first-order valence-electron chi connectivity index (χ1n) is 8.53. The lowest BCUT2D eigenvalue weighted by Gasteiger charge is -2.09. The highest BCUT2D eigenvalue weighted by molar-refractivity contribution is 5.93. The monoisotopic (exact) mass is 336 g/mol. The largest absolute Gasteiger partial charge is 0.376 e. The molecule has 6 nitrogen and oxygen atoms in total. The van der Waals surface area contributed by atoms with Gasteiger partial charge in [-0.1, -0.05) is 30.3 Å². The normalized spacial score (nSPS) is 17.1. The highest BCUT2D eigenvalue weighted by Gasteiger charge is 2.18. The number of aryl methyl sites for hydroxylation is 1. The molecule has 1 aromatic carbocycles. The summed E-state index contributed by atoms with van der Waals surface area (Å²) in [7, 11) is 0. The van der Waals surface area contributed by atoms with E-state index in [1.54, 1.807) is 10.6 Å². The zero-order valence-electron chi connectivity index (χ0n) is 14.1. The standard InChI is InChI=1S/C19H20N4O2/c1-13-10-16(14-6-3-2-4-7-14)21-18-11-17(22-23(13)18)19(24)20-12-15-8-5-9-25-15/h2-4,6-7,10-11,15H,5,8-9,12H2,1H3,(H,20,24). The van der Waals surface area contributed by atoms with E-state index in [2.05, 4.69) is 15.4 Å². The van der Waals surface area contributed by atoms with Gasteiger partial charge in [0, 0.05) is 30.5 Å². The van der Waals surface area contributed by atoms with E-state index in [-0.39, 0.29) is 12.0 Å². The van der Waals surface area contributed by atoms with Crippen LogP contribution in [0, 0.1) is 6.92 Å². The second-order valence-electron chi connectivity index (χ2n) is 6.29. The molecule has 0 spiro atoms. The molecule has 1 saturated heterocycles. The van der Waals surface area contributed by atoms with E-state index in [1.165, 1.54) is 0 Å². The summed E-state index contributed by atoms with van der Waals surface area (Å²) in [5.74, 6) is -0.193. The summed E-state index contributed by atoms with van der Waals surface area (Å²) >= 11 is 0. The molecule has 1 atom stereocenters. The minimum absolute atomic E-state index is 0.116. The molecule has 1 aliphatic heterocycles. The van der Waals surface area contributed by atoms with Crippen LogP contribution >= 0.6 is 0 Å². The third kappa shape index (κ3) is 3.25. The molecule has 4 rings (SSSR count). The van der Waals surface area contributed by atoms with Gasteiger partial charge in [-0.15, -0.1) is 0 Å². The number of hydrogen-bond donors (Lipinski definition) is 1. The van der Waals surface area contributed by atoms with Gasteiger partial charge in [-0.3, -0.25) is 4.79 Å². The maximum Gasteiger partial charge on any atom is 0.271 e. The van der Waals surface area contributed by atoms with Crippen LogP contribution in [0.2, 0.25) is 0 Å². The summed E-state index contributed by atoms with van der Waals surface area (Å²) in [6, 6.07) is 13.7. The van der Waals surface area contributed by atoms with Crippen LogP contribution in [0.5, 0.6) is 0 Å². The van der Waals surface area contributed by atoms with Crippen molar-refractivity contribution in [2.24, 2.45) is 0 Å². The molecule has 6 heteroatoms. The quantitative estimate of drug-likeness (QED) is 0.795. The Morgan fingerprint density at radius 3 is 2.92 bits per heavy atom. The summed E-state index contributed by atoms with van der Waals surface area (Å²) in [5, 5.41) is 7.29. The SMILES string of the molecule is Cc1cc(-c2ccccc2)nc2cc(C(=O)NCC3CCCO3)nn12. The summed E-state index contributed by atoms with van der Waals surface area (Å²) in [5.41, 5.74) is 3.89. The van der Waals surface area contributed by atoms with Gasteiger partial charge in [0.05, 0.1) is 11.8 Å². The Bertz CT molecular complexity index is 898. The van der Waals surface area contributed by atoms with Crippen LogP contribution < -0.4 is 5.32 Å². The number of hydrogen-bond acceptors (Lipinski definition) is 4. The molecule has 1 unspecified atom stereocenters. The summed E-state index contributed by atoms with van der Waals surface area (Å²) in [6.07, 6.45) is 2.16. The molecule has 128 valence electrons. The maximum atomic E-state index is 12.4. The Labute approximate surface area is 145 Å². The molecule has 1 aliphatic rings. The fourth-order valence-electron chi connectivity index (χ4n) is 3.10. The number of nitrogens with zero attached hydrogens (tertiary/aromatic N) is 3. The van der Waals surface area contributed by atoms with E-state index >= 15 is 0 Å². The Kier molecular flexibility index (Phi) is 4.19. The van der Waals surface area contributed by atoms with Gasteiger partial charge in [0.25, 0.3) is 5.91 Å². The Morgan fingerprint density at radius 2 is 2.16 bits per heavy atom. The Hall–Kier alpha value is -2.73. The molecular formula is C19H20N4O2. The topological polar surface area (TPSA) is 68.5 Å². The van der Waals surface area contributed by atoms with Crippen LogP contribution in [-0.4, -0.2) is 39.8 Å². The predicted molar refractivity (Wildman–Crippen MR) is 94.5 cm³/mol. The predicted octanol–water partition coefficient (Wildman–Crippen LogP) is 2.61. The van der Waals surface area contributed by atoms with E-state index in [9.17, 15) is 4.79 Å². The van der Waals surface area contributed by atoms with Crippen molar-refractivity contribution in [2.45, 2.75) is 25.9 Å². The summed E-state index contributed by atoms with van der Waals surface area (Å²) in [4.78, 5) is 17.0. The molecule has 1 N–H and O–H groups in total. The van der Waals surface area contributed by atoms with Crippen molar-refractivity contribution in [2.75, 3.05) is 13.2 Å². The fraction of sp³-hybridized carbons (Fsp3) is 0.316. The molecule has 1 amide bonds. The third-order valence-electron chi connectivity index (χ3n) is 4.42. The number of aromatic nitrogens is 3. The Morgan fingerprint density at radius 1 is 1.32 bits per heavy atom. The number of ether oxygens (including phenoxy) is 1. The van der Waals surface area contributed by atoms with Crippen LogP contribution in [0.15, 0.2) is 42.5 Å². The lowest BCUT2D eigenvalue weighted by Crippen LogP contribution is -2.32. The Balaban J connectivity index is 1.59. The molecule has 0 saturated carbocycles. The lowest BCUT2D eigenvalue weighted by atomic mass is 10.1. The van der Waals surface area contributed by atoms with E-state index in [4.69, 9.17) is 4.74 Å². The van der Waals surface area contributed by atoms with Gasteiger partial charge in [-0.05, 0) is 25.8 Å². The van der Waals surface area contributed by atoms with Crippen molar-refractivity contribution in [3.8, 4) is 11.3 Å². The van der Waals surface area contributed by atoms with Crippen molar-refractivity contribution in [1.82, 2.24) is 19.9 Å². The van der Waals surface area contributed by atoms with Crippen LogP contribution in [0.3, 0.4) is 0 Å². The van der Waals surface area contributed by atoms with Gasteiger partial charge in [-0.25, -0.2) is 9.50 Å². The molecule has 0 bridgehead atoms. The van der Waals surface area contributed by atoms with Crippen LogP contribution in [-0.2, 0) is 4.74 Å². The van der Waals surface area contributed by atoms with E-state index < -0.39 is 0 Å². The van der Waals surface area contributed by atoms with Gasteiger partial charge in [-0.2, -0.15) is 5.10 Å². The van der Waals surface area contributed by atoms with Crippen molar-refractivity contribution in [3.63, 3.8) is 0 Å². The number of nitrogens with one attached hydrogen (secondary N) is 1. The average Bonchev–Trinajstić information content (AvgIpc) is 3.30. The van der Waals surface area contributed by atoms with E-state index in [0.29, 0.717) is 17.9 Å². The van der Waals surface area contributed by atoms with Crippen molar-refractivity contribution < 1.29 is 9.53 Å². The average molecular weight is 336 g/mol. The number of amides is 1. The second-order valence-corrected chi connectivity index (χ2v) is 6.29. The third-order valence-corrected chi connectivity index (χ3v) is 4.42. The van der Waals surface area contributed by atoms with Gasteiger partial charge in [0.2, 0.25) is 0 Å². The van der Waals surface area contributed by atoms with E-state index in [0.717, 1.165) is 36.4 Å². The molecule has 1 fully saturated rings. The zero-order chi connectivity index (χ0) is 17.2. The van der Waals surface area contributed by atoms with E-state index in [1.807, 2.05) is 43.3 Å². The smallest absolute Gasteiger partial charge is 0.271 e. The highest BCUT2D eigenvalue weighted by atomic mass is 16.5. The van der Waals surface area contributed by atoms with Crippen molar-refractivity contribution in [3.05, 3.63) is 53.9 Å². The first-order valence-corrected chi connectivity index (χ1v) is 8.53. The van der Waals surface area contributed by atoms with Crippen LogP contribution in [0.4, 0.5) is 0 Å². The van der Waals surface area contributed by atoms with Crippen LogP contribution in [0.25, 0.3) is 16.9 Å². The van der Waals surface area contributed by atoms with Gasteiger partial charge >= 0.3 is 0 Å². The number of carbonyl (C=O) groups excluding carboxylic acids is 1. The minimum Gasteiger partial charge on any atom is -0.376 e. The van der Waals surface area contributed by atoms with Crippen LogP contribution in [0.1, 0.15) is 29.0 Å². The maximum absolute atomic E-state index is 12.4. The molecule has 0 aliphatic carbocycles. The molecule has 0 radical (unpaired) electrons. The molecular weight excluding hydrogens is 316 g/mol. The first kappa shape index (κ1) is 15.8. The van der Waals surface area contributed by atoms with Crippen molar-refractivity contribution >= 4 is 11.6 Å². The summed E-state index contributed by atoms with van der Waals surface area (Å²) < 4.78 is 7.23. The zero-order valence-corrected chi connectivity index (χ0v) is 14.1. The number of rotatable bonds is 4. The lowest BCUT2D eigenvalue weighted by molar-refractivity contribution is 0.0853. The minimum atomic E-state index is -0.193. The first-order chi connectivity index (χ1) is 12.2. The molecule has 3 heterocycles. The van der Waals surface area contributed by atoms with Crippen molar-refractivity contribution in [1.29, 1.82) is 0 Å². The number of benzene rings is 1. The summed E-state index contributed by atoms with van der Waals surface area (Å²) in [6.45, 7) is 3.26. The molecule has 3 aromatic rings. The van der Waals surface area contributed by atoms with Gasteiger partial charge < -0.3 is 10.1 Å². The fourth-order valence-corrected chi connectivity index (χ4v) is 3.10. The molecule has 2 aromatic heterocycles. The highest BCUT2D eigenvalue weighted by Crippen LogP contribution is 2.19. The molecule has 25 heavy (non-hydrogen) atoms.